The third-order valence-corrected chi connectivity index (χ3v) is 2.14. The van der Waals surface area contributed by atoms with Crippen LogP contribution in [-0.4, -0.2) is 52.0 Å². The number of hydrogen-bond acceptors (Lipinski definition) is 6. The minimum atomic E-state index is -0.968. The van der Waals surface area contributed by atoms with Gasteiger partial charge in [-0.05, 0) is 24.1 Å². The van der Waals surface area contributed by atoms with E-state index in [0.29, 0.717) is 12.0 Å². The second kappa shape index (κ2) is 7.41. The first-order chi connectivity index (χ1) is 7.65. The van der Waals surface area contributed by atoms with E-state index in [0.717, 1.165) is 0 Å². The number of hydrogen-bond donors (Lipinski definition) is 2. The van der Waals surface area contributed by atoms with E-state index in [1.807, 2.05) is 0 Å². The molecule has 0 heterocycles. The maximum atomic E-state index is 11.2. The number of rotatable bonds is 3. The van der Waals surface area contributed by atoms with Crippen molar-refractivity contribution in [3.05, 3.63) is 34.9 Å². The number of carbonyl (C=O) groups is 2. The van der Waals surface area contributed by atoms with E-state index in [2.05, 4.69) is 9.78 Å². The molecule has 0 unspecified atom stereocenters. The van der Waals surface area contributed by atoms with Crippen molar-refractivity contribution in [2.45, 2.75) is 13.3 Å². The first kappa shape index (κ1) is 16.1. The van der Waals surface area contributed by atoms with Gasteiger partial charge in [-0.15, -0.1) is 0 Å². The molecule has 0 aliphatic rings. The first-order valence-electron chi connectivity index (χ1n) is 4.49. The third kappa shape index (κ3) is 3.52. The van der Waals surface area contributed by atoms with Crippen LogP contribution in [0.1, 0.15) is 33.2 Å². The van der Waals surface area contributed by atoms with Crippen LogP contribution in [0.25, 0.3) is 0 Å². The Labute approximate surface area is 119 Å². The van der Waals surface area contributed by atoms with Gasteiger partial charge >= 0.3 is 41.5 Å². The van der Waals surface area contributed by atoms with Crippen LogP contribution in [0.4, 0.5) is 0 Å². The van der Waals surface area contributed by atoms with Crippen LogP contribution in [0.3, 0.4) is 0 Å². The fourth-order valence-corrected chi connectivity index (χ4v) is 1.45. The molecular weight excluding hydrogens is 239 g/mol. The van der Waals surface area contributed by atoms with E-state index in [1.165, 1.54) is 18.2 Å². The predicted molar refractivity (Wildman–Crippen MR) is 59.1 cm³/mol. The Morgan fingerprint density at radius 2 is 1.53 bits per heavy atom. The van der Waals surface area contributed by atoms with Crippen molar-refractivity contribution < 1.29 is 29.9 Å². The molecule has 0 spiro atoms. The average Bonchev–Trinajstić information content (AvgIpc) is 2.35. The van der Waals surface area contributed by atoms with Gasteiger partial charge in [0.05, 0.1) is 11.1 Å². The van der Waals surface area contributed by atoms with Gasteiger partial charge in [0, 0.05) is 0 Å². The van der Waals surface area contributed by atoms with E-state index in [-0.39, 0.29) is 40.7 Å². The molecule has 1 aromatic rings. The summed E-state index contributed by atoms with van der Waals surface area (Å²) in [4.78, 5) is 29.5. The predicted octanol–water partition coefficient (Wildman–Crippen LogP) is 0.860. The molecule has 7 heteroatoms. The summed E-state index contributed by atoms with van der Waals surface area (Å²) in [5.41, 5.74) is 0.432. The Bertz CT molecular complexity index is 383. The topological polar surface area (TPSA) is 93.1 Å². The van der Waals surface area contributed by atoms with Crippen LogP contribution in [0.15, 0.2) is 18.2 Å². The van der Waals surface area contributed by atoms with Crippen LogP contribution in [-0.2, 0) is 16.2 Å². The summed E-state index contributed by atoms with van der Waals surface area (Å²) in [7, 11) is 0. The van der Waals surface area contributed by atoms with Crippen molar-refractivity contribution in [3.8, 4) is 0 Å². The van der Waals surface area contributed by atoms with Gasteiger partial charge in [-0.1, -0.05) is 13.0 Å². The Kier molecular flexibility index (Phi) is 7.01. The maximum absolute atomic E-state index is 11.2. The van der Waals surface area contributed by atoms with Crippen molar-refractivity contribution in [2.24, 2.45) is 0 Å². The summed E-state index contributed by atoms with van der Waals surface area (Å²) in [5.74, 6) is -1.94. The molecule has 0 aliphatic heterocycles. The van der Waals surface area contributed by atoms with Gasteiger partial charge in [-0.3, -0.25) is 9.78 Å². The molecule has 2 N–H and O–H groups in total. The summed E-state index contributed by atoms with van der Waals surface area (Å²) < 4.78 is 0. The van der Waals surface area contributed by atoms with Crippen molar-refractivity contribution >= 4 is 41.5 Å². The second-order valence-electron chi connectivity index (χ2n) is 2.94. The summed E-state index contributed by atoms with van der Waals surface area (Å²) in [6, 6.07) is 4.20. The Balaban J connectivity index is 0.00000256. The molecule has 0 fully saturated rings. The van der Waals surface area contributed by atoms with E-state index < -0.39 is 11.9 Å². The van der Waals surface area contributed by atoms with E-state index in [1.54, 1.807) is 6.92 Å². The SMILES string of the molecule is CCc1c(C(=O)OO)cccc1C(=O)OO.[NaH]. The standard InChI is InChI=1S/C10H10O6.Na.H/c1-2-6-7(9(11)15-13)4-3-5-8(6)10(12)16-14;;/h3-5,13-14H,2H2,1H3;;. The Morgan fingerprint density at radius 1 is 1.12 bits per heavy atom. The van der Waals surface area contributed by atoms with E-state index in [9.17, 15) is 9.59 Å². The molecular formula is C10H11NaO6. The fourth-order valence-electron chi connectivity index (χ4n) is 1.45. The van der Waals surface area contributed by atoms with E-state index in [4.69, 9.17) is 10.5 Å². The fraction of sp³-hybridized carbons (Fsp3) is 0.200. The molecule has 6 nitrogen and oxygen atoms in total. The van der Waals surface area contributed by atoms with Gasteiger partial charge in [-0.25, -0.2) is 9.59 Å². The van der Waals surface area contributed by atoms with Crippen LogP contribution in [0.5, 0.6) is 0 Å². The molecule has 0 aliphatic carbocycles. The zero-order valence-corrected chi connectivity index (χ0v) is 8.47. The molecule has 0 amide bonds. The Hall–Kier alpha value is -0.920. The molecule has 0 bridgehead atoms. The minimum absolute atomic E-state index is 0. The number of carbonyl (C=O) groups excluding carboxylic acids is 2. The van der Waals surface area contributed by atoms with E-state index >= 15 is 0 Å². The van der Waals surface area contributed by atoms with Crippen LogP contribution < -0.4 is 0 Å². The van der Waals surface area contributed by atoms with Crippen LogP contribution in [0.2, 0.25) is 0 Å². The average molecular weight is 250 g/mol. The van der Waals surface area contributed by atoms with Gasteiger partial charge in [0.1, 0.15) is 0 Å². The molecule has 0 radical (unpaired) electrons. The molecule has 88 valence electrons. The van der Waals surface area contributed by atoms with Crippen molar-refractivity contribution in [1.29, 1.82) is 0 Å². The molecule has 17 heavy (non-hydrogen) atoms. The van der Waals surface area contributed by atoms with Gasteiger partial charge in [0.25, 0.3) is 0 Å². The van der Waals surface area contributed by atoms with Gasteiger partial charge in [0.2, 0.25) is 0 Å². The zero-order chi connectivity index (χ0) is 12.1. The van der Waals surface area contributed by atoms with Gasteiger partial charge in [0.15, 0.2) is 0 Å². The molecule has 0 aromatic heterocycles. The monoisotopic (exact) mass is 250 g/mol. The Morgan fingerprint density at radius 3 is 1.82 bits per heavy atom. The van der Waals surface area contributed by atoms with Gasteiger partial charge in [-0.2, -0.15) is 10.5 Å². The van der Waals surface area contributed by atoms with Crippen LogP contribution >= 0.6 is 0 Å². The third-order valence-electron chi connectivity index (χ3n) is 2.14. The molecule has 0 saturated heterocycles. The summed E-state index contributed by atoms with van der Waals surface area (Å²) in [5, 5.41) is 16.6. The quantitative estimate of drug-likeness (QED) is 0.469. The molecule has 0 saturated carbocycles. The normalized spacial score (nSPS) is 9.12. The van der Waals surface area contributed by atoms with Crippen LogP contribution in [0, 0.1) is 0 Å². The van der Waals surface area contributed by atoms with Crippen molar-refractivity contribution in [2.75, 3.05) is 0 Å². The molecule has 1 aromatic carbocycles. The second-order valence-corrected chi connectivity index (χ2v) is 2.94. The summed E-state index contributed by atoms with van der Waals surface area (Å²) >= 11 is 0. The van der Waals surface area contributed by atoms with Gasteiger partial charge < -0.3 is 0 Å². The summed E-state index contributed by atoms with van der Waals surface area (Å²) in [6.07, 6.45) is 0.343. The zero-order valence-electron chi connectivity index (χ0n) is 8.47. The number of benzene rings is 1. The first-order valence-corrected chi connectivity index (χ1v) is 4.49. The molecule has 0 atom stereocenters. The van der Waals surface area contributed by atoms with Crippen molar-refractivity contribution in [3.63, 3.8) is 0 Å². The summed E-state index contributed by atoms with van der Waals surface area (Å²) in [6.45, 7) is 1.71. The molecule has 1 rings (SSSR count). The van der Waals surface area contributed by atoms with Crippen molar-refractivity contribution in [1.82, 2.24) is 0 Å².